The van der Waals surface area contributed by atoms with Crippen LogP contribution < -0.4 is 5.32 Å². The lowest BCUT2D eigenvalue weighted by Crippen LogP contribution is -2.44. The summed E-state index contributed by atoms with van der Waals surface area (Å²) < 4.78 is 0. The Morgan fingerprint density at radius 1 is 1.50 bits per heavy atom. The molecular weight excluding hydrogens is 214 g/mol. The van der Waals surface area contributed by atoms with Crippen molar-refractivity contribution in [2.24, 2.45) is 0 Å². The molecule has 1 saturated heterocycles. The number of carboxylic acids is 1. The van der Waals surface area contributed by atoms with Gasteiger partial charge in [0.25, 0.3) is 0 Å². The number of rotatable bonds is 2. The van der Waals surface area contributed by atoms with E-state index in [1.807, 2.05) is 0 Å². The van der Waals surface area contributed by atoms with Crippen molar-refractivity contribution in [2.75, 3.05) is 33.2 Å². The van der Waals surface area contributed by atoms with Crippen molar-refractivity contribution in [2.45, 2.75) is 6.42 Å². The van der Waals surface area contributed by atoms with Crippen molar-refractivity contribution in [3.8, 4) is 0 Å². The van der Waals surface area contributed by atoms with Gasteiger partial charge in [-0.1, -0.05) is 0 Å². The third-order valence-electron chi connectivity index (χ3n) is 2.28. The van der Waals surface area contributed by atoms with E-state index in [4.69, 9.17) is 5.11 Å². The Bertz CT molecular complexity index is 305. The SMILES string of the molecule is CN(CC(=O)O)C(=O)N1CCNC(=O)CC1. The minimum absolute atomic E-state index is 0.0869. The van der Waals surface area contributed by atoms with Crippen molar-refractivity contribution in [1.82, 2.24) is 15.1 Å². The van der Waals surface area contributed by atoms with Gasteiger partial charge >= 0.3 is 12.0 Å². The van der Waals surface area contributed by atoms with Crippen molar-refractivity contribution in [3.05, 3.63) is 0 Å². The van der Waals surface area contributed by atoms with Crippen LogP contribution in [0.4, 0.5) is 4.79 Å². The molecular formula is C9H15N3O4. The molecule has 0 saturated carbocycles. The highest BCUT2D eigenvalue weighted by Gasteiger charge is 2.22. The standard InChI is InChI=1S/C9H15N3O4/c1-11(6-8(14)15)9(16)12-4-2-7(13)10-3-5-12/h2-6H2,1H3,(H,10,13)(H,14,15). The van der Waals surface area contributed by atoms with Crippen molar-refractivity contribution >= 4 is 17.9 Å². The fourth-order valence-electron chi connectivity index (χ4n) is 1.47. The van der Waals surface area contributed by atoms with E-state index in [1.54, 1.807) is 0 Å². The second kappa shape index (κ2) is 5.34. The number of hydrogen-bond donors (Lipinski definition) is 2. The Labute approximate surface area is 93.0 Å². The molecule has 1 aliphatic heterocycles. The molecule has 7 nitrogen and oxygen atoms in total. The van der Waals surface area contributed by atoms with Crippen LogP contribution in [0.3, 0.4) is 0 Å². The fraction of sp³-hybridized carbons (Fsp3) is 0.667. The Hall–Kier alpha value is -1.79. The number of hydrogen-bond acceptors (Lipinski definition) is 3. The predicted molar refractivity (Wildman–Crippen MR) is 54.9 cm³/mol. The minimum Gasteiger partial charge on any atom is -0.480 e. The molecule has 0 unspecified atom stereocenters. The lowest BCUT2D eigenvalue weighted by molar-refractivity contribution is -0.137. The van der Waals surface area contributed by atoms with Crippen molar-refractivity contribution in [1.29, 1.82) is 0 Å². The maximum absolute atomic E-state index is 11.7. The molecule has 3 amide bonds. The molecule has 0 spiro atoms. The molecule has 0 aromatic rings. The summed E-state index contributed by atoms with van der Waals surface area (Å²) in [6.45, 7) is 0.811. The molecule has 0 atom stereocenters. The van der Waals surface area contributed by atoms with E-state index in [0.717, 1.165) is 4.90 Å². The van der Waals surface area contributed by atoms with Crippen LogP contribution in [0.5, 0.6) is 0 Å². The van der Waals surface area contributed by atoms with Crippen LogP contribution in [-0.4, -0.2) is 66.0 Å². The van der Waals surface area contributed by atoms with Gasteiger partial charge in [0.1, 0.15) is 6.54 Å². The summed E-state index contributed by atoms with van der Waals surface area (Å²) in [4.78, 5) is 35.8. The zero-order valence-electron chi connectivity index (χ0n) is 9.10. The first-order valence-electron chi connectivity index (χ1n) is 4.99. The van der Waals surface area contributed by atoms with Crippen LogP contribution in [-0.2, 0) is 9.59 Å². The highest BCUT2D eigenvalue weighted by Crippen LogP contribution is 2.01. The summed E-state index contributed by atoms with van der Waals surface area (Å²) in [5.74, 6) is -1.14. The summed E-state index contributed by atoms with van der Waals surface area (Å²) in [5.41, 5.74) is 0. The van der Waals surface area contributed by atoms with Crippen LogP contribution in [0.15, 0.2) is 0 Å². The van der Waals surface area contributed by atoms with Crippen molar-refractivity contribution in [3.63, 3.8) is 0 Å². The summed E-state index contributed by atoms with van der Waals surface area (Å²) >= 11 is 0. The normalized spacial score (nSPS) is 16.3. The Morgan fingerprint density at radius 3 is 2.81 bits per heavy atom. The van der Waals surface area contributed by atoms with Gasteiger partial charge in [0.15, 0.2) is 0 Å². The highest BCUT2D eigenvalue weighted by atomic mass is 16.4. The monoisotopic (exact) mass is 229 g/mol. The van der Waals surface area contributed by atoms with Gasteiger partial charge in [-0.15, -0.1) is 0 Å². The number of aliphatic carboxylic acids is 1. The lowest BCUT2D eigenvalue weighted by atomic mass is 10.4. The largest absolute Gasteiger partial charge is 0.480 e. The van der Waals surface area contributed by atoms with E-state index in [-0.39, 0.29) is 24.9 Å². The molecule has 0 aromatic carbocycles. The predicted octanol–water partition coefficient (Wildman–Crippen LogP) is -1.06. The minimum atomic E-state index is -1.06. The van der Waals surface area contributed by atoms with Crippen LogP contribution in [0.1, 0.15) is 6.42 Å². The molecule has 1 fully saturated rings. The topological polar surface area (TPSA) is 90.0 Å². The average Bonchev–Trinajstić information content (AvgIpc) is 2.41. The molecule has 0 aliphatic carbocycles. The number of carboxylic acid groups (broad SMARTS) is 1. The third kappa shape index (κ3) is 3.41. The molecule has 2 N–H and O–H groups in total. The summed E-state index contributed by atoms with van der Waals surface area (Å²) in [5, 5.41) is 11.2. The van der Waals surface area contributed by atoms with Gasteiger partial charge in [-0.05, 0) is 0 Å². The number of likely N-dealkylation sites (N-methyl/N-ethyl adjacent to an activating group) is 1. The number of carbonyl (C=O) groups excluding carboxylic acids is 2. The zero-order chi connectivity index (χ0) is 12.1. The molecule has 0 aromatic heterocycles. The van der Waals surface area contributed by atoms with E-state index in [9.17, 15) is 14.4 Å². The van der Waals surface area contributed by atoms with Gasteiger partial charge in [-0.25, -0.2) is 4.79 Å². The first kappa shape index (κ1) is 12.3. The van der Waals surface area contributed by atoms with Gasteiger partial charge in [-0.2, -0.15) is 0 Å². The summed E-state index contributed by atoms with van der Waals surface area (Å²) in [7, 11) is 1.43. The second-order valence-electron chi connectivity index (χ2n) is 3.62. The Balaban J connectivity index is 2.52. The molecule has 1 rings (SSSR count). The smallest absolute Gasteiger partial charge is 0.323 e. The molecule has 0 radical (unpaired) electrons. The quantitative estimate of drug-likeness (QED) is 0.632. The zero-order valence-corrected chi connectivity index (χ0v) is 9.10. The maximum atomic E-state index is 11.7. The summed E-state index contributed by atoms with van der Waals surface area (Å²) in [6, 6.07) is -0.362. The van der Waals surface area contributed by atoms with E-state index in [0.29, 0.717) is 19.6 Å². The third-order valence-corrected chi connectivity index (χ3v) is 2.28. The fourth-order valence-corrected chi connectivity index (χ4v) is 1.47. The maximum Gasteiger partial charge on any atom is 0.323 e. The van der Waals surface area contributed by atoms with E-state index in [2.05, 4.69) is 5.32 Å². The summed E-state index contributed by atoms with van der Waals surface area (Å²) in [6.07, 6.45) is 0.257. The number of carbonyl (C=O) groups is 3. The van der Waals surface area contributed by atoms with Crippen LogP contribution in [0.25, 0.3) is 0 Å². The number of nitrogens with zero attached hydrogens (tertiary/aromatic N) is 2. The van der Waals surface area contributed by atoms with Gasteiger partial charge in [0.2, 0.25) is 5.91 Å². The first-order chi connectivity index (χ1) is 7.50. The molecule has 7 heteroatoms. The van der Waals surface area contributed by atoms with Crippen LogP contribution in [0.2, 0.25) is 0 Å². The Kier molecular flexibility index (Phi) is 4.10. The van der Waals surface area contributed by atoms with Gasteiger partial charge in [0.05, 0.1) is 0 Å². The first-order valence-corrected chi connectivity index (χ1v) is 4.99. The molecule has 90 valence electrons. The molecule has 1 heterocycles. The highest BCUT2D eigenvalue weighted by molar-refractivity contribution is 5.81. The van der Waals surface area contributed by atoms with Crippen molar-refractivity contribution < 1.29 is 19.5 Å². The molecule has 1 aliphatic rings. The van der Waals surface area contributed by atoms with E-state index in [1.165, 1.54) is 11.9 Å². The van der Waals surface area contributed by atoms with E-state index >= 15 is 0 Å². The van der Waals surface area contributed by atoms with Crippen LogP contribution >= 0.6 is 0 Å². The van der Waals surface area contributed by atoms with Gasteiger partial charge in [0, 0.05) is 33.1 Å². The van der Waals surface area contributed by atoms with Gasteiger partial charge < -0.3 is 20.2 Å². The number of nitrogens with one attached hydrogen (secondary N) is 1. The average molecular weight is 229 g/mol. The van der Waals surface area contributed by atoms with E-state index < -0.39 is 5.97 Å². The molecule has 0 bridgehead atoms. The number of urea groups is 1. The lowest BCUT2D eigenvalue weighted by Gasteiger charge is -2.25. The Morgan fingerprint density at radius 2 is 2.19 bits per heavy atom. The van der Waals surface area contributed by atoms with Gasteiger partial charge in [-0.3, -0.25) is 9.59 Å². The second-order valence-corrected chi connectivity index (χ2v) is 3.62. The molecule has 16 heavy (non-hydrogen) atoms. The number of amides is 3. The van der Waals surface area contributed by atoms with Crippen LogP contribution in [0, 0.1) is 0 Å².